The second kappa shape index (κ2) is 12.5. The maximum atomic E-state index is 7.21. The summed E-state index contributed by atoms with van der Waals surface area (Å²) in [7, 11) is -4.21. The fourth-order valence-corrected chi connectivity index (χ4v) is 7.74. The van der Waals surface area contributed by atoms with Crippen LogP contribution in [-0.4, -0.2) is 48.2 Å². The minimum Gasteiger partial charge on any atom is -0.409 e. The molecule has 1 fully saturated rings. The third-order valence-electron chi connectivity index (χ3n) is 9.70. The smallest absolute Gasteiger partial charge is 0.192 e. The first-order valence-electron chi connectivity index (χ1n) is 15.4. The lowest BCUT2D eigenvalue weighted by Gasteiger charge is -2.44. The molecule has 0 N–H and O–H groups in total. The summed E-state index contributed by atoms with van der Waals surface area (Å²) in [5.41, 5.74) is 2.43. The Balaban J connectivity index is 1.75. The van der Waals surface area contributed by atoms with E-state index in [1.165, 1.54) is 0 Å². The first kappa shape index (κ1) is 32.8. The van der Waals surface area contributed by atoms with Crippen LogP contribution in [0.2, 0.25) is 36.3 Å². The number of rotatable bonds is 10. The summed E-state index contributed by atoms with van der Waals surface area (Å²) in [4.78, 5) is 0. The van der Waals surface area contributed by atoms with Gasteiger partial charge in [-0.05, 0) is 53.0 Å². The number of hydrogen-bond acceptors (Lipinski definition) is 4. The number of hydrogen-bond donors (Lipinski definition) is 0. The lowest BCUT2D eigenvalue weighted by atomic mass is 9.80. The molecule has 1 aliphatic rings. The maximum absolute atomic E-state index is 7.21. The van der Waals surface area contributed by atoms with E-state index >= 15 is 0 Å². The highest BCUT2D eigenvalue weighted by Gasteiger charge is 2.50. The van der Waals surface area contributed by atoms with Crippen LogP contribution in [0.4, 0.5) is 0 Å². The van der Waals surface area contributed by atoms with Crippen LogP contribution in [0.3, 0.4) is 0 Å². The molecule has 3 aromatic rings. The molecule has 2 unspecified atom stereocenters. The summed E-state index contributed by atoms with van der Waals surface area (Å²) in [6.07, 6.45) is -0.599. The molecule has 0 spiro atoms. The zero-order chi connectivity index (χ0) is 30.8. The van der Waals surface area contributed by atoms with Crippen LogP contribution in [0, 0.1) is 0 Å². The van der Waals surface area contributed by atoms with E-state index in [0.717, 1.165) is 16.7 Å². The van der Waals surface area contributed by atoms with Crippen molar-refractivity contribution in [2.75, 3.05) is 13.2 Å². The third kappa shape index (κ3) is 6.85. The second-order valence-corrected chi connectivity index (χ2v) is 24.2. The van der Waals surface area contributed by atoms with E-state index in [0.29, 0.717) is 13.2 Å². The van der Waals surface area contributed by atoms with Gasteiger partial charge in [0.05, 0.1) is 19.3 Å². The third-order valence-corrected chi connectivity index (χ3v) is 18.7. The predicted octanol–water partition coefficient (Wildman–Crippen LogP) is 9.17. The van der Waals surface area contributed by atoms with E-state index in [1.54, 1.807) is 0 Å². The van der Waals surface area contributed by atoms with Gasteiger partial charge < -0.3 is 18.3 Å². The first-order valence-corrected chi connectivity index (χ1v) is 21.2. The van der Waals surface area contributed by atoms with E-state index in [1.807, 2.05) is 0 Å². The summed E-state index contributed by atoms with van der Waals surface area (Å²) < 4.78 is 27.9. The van der Waals surface area contributed by atoms with Crippen LogP contribution in [0.5, 0.6) is 0 Å². The van der Waals surface area contributed by atoms with Crippen LogP contribution in [0.25, 0.3) is 0 Å². The van der Waals surface area contributed by atoms with Crippen molar-refractivity contribution in [1.82, 2.24) is 0 Å². The Morgan fingerprint density at radius 3 is 1.38 bits per heavy atom. The van der Waals surface area contributed by atoms with E-state index < -0.39 is 22.2 Å². The largest absolute Gasteiger partial charge is 0.409 e. The molecule has 228 valence electrons. The molecule has 1 heterocycles. The molecule has 0 bridgehead atoms. The Bertz CT molecular complexity index is 1170. The van der Waals surface area contributed by atoms with Crippen LogP contribution < -0.4 is 0 Å². The van der Waals surface area contributed by atoms with E-state index in [-0.39, 0.29) is 28.4 Å². The summed E-state index contributed by atoms with van der Waals surface area (Å²) in [5.74, 6) is 0. The quantitative estimate of drug-likeness (QED) is 0.171. The number of benzene rings is 3. The molecule has 0 aliphatic carbocycles. The van der Waals surface area contributed by atoms with Gasteiger partial charge in [-0.2, -0.15) is 0 Å². The van der Waals surface area contributed by atoms with E-state index in [2.05, 4.69) is 159 Å². The lowest BCUT2D eigenvalue weighted by molar-refractivity contribution is -0.0694. The SMILES string of the molecule is CC(C)(C)[Si](C)(C)OC1CO[C@H](COC(c2ccccc2)(c2ccccc2)c2ccccc2)C1O[Si](C)(C)C(C)(C)C. The highest BCUT2D eigenvalue weighted by Crippen LogP contribution is 2.44. The Labute approximate surface area is 257 Å². The summed E-state index contributed by atoms with van der Waals surface area (Å²) >= 11 is 0. The Morgan fingerprint density at radius 1 is 0.619 bits per heavy atom. The van der Waals surface area contributed by atoms with Gasteiger partial charge in [-0.1, -0.05) is 133 Å². The molecule has 4 rings (SSSR count). The lowest BCUT2D eigenvalue weighted by Crippen LogP contribution is -2.53. The molecular formula is C36H52O4Si2. The van der Waals surface area contributed by atoms with Gasteiger partial charge in [0.15, 0.2) is 16.6 Å². The second-order valence-electron chi connectivity index (χ2n) is 14.7. The summed E-state index contributed by atoms with van der Waals surface area (Å²) in [6.45, 7) is 23.8. The Hall–Kier alpha value is -2.07. The van der Waals surface area contributed by atoms with Crippen molar-refractivity contribution in [1.29, 1.82) is 0 Å². The van der Waals surface area contributed by atoms with Crippen molar-refractivity contribution in [3.8, 4) is 0 Å². The molecule has 0 amide bonds. The van der Waals surface area contributed by atoms with E-state index in [4.69, 9.17) is 18.3 Å². The molecule has 0 radical (unpaired) electrons. The molecule has 1 saturated heterocycles. The first-order chi connectivity index (χ1) is 19.6. The number of ether oxygens (including phenoxy) is 2. The molecule has 4 nitrogen and oxygen atoms in total. The highest BCUT2D eigenvalue weighted by molar-refractivity contribution is 6.74. The Morgan fingerprint density at radius 2 is 1.00 bits per heavy atom. The van der Waals surface area contributed by atoms with Gasteiger partial charge in [0.25, 0.3) is 0 Å². The highest BCUT2D eigenvalue weighted by atomic mass is 28.4. The van der Waals surface area contributed by atoms with Gasteiger partial charge in [0.1, 0.15) is 17.8 Å². The fourth-order valence-electron chi connectivity index (χ4n) is 5.09. The van der Waals surface area contributed by atoms with Crippen LogP contribution in [-0.2, 0) is 23.9 Å². The van der Waals surface area contributed by atoms with Crippen molar-refractivity contribution in [2.45, 2.75) is 102 Å². The molecule has 3 aromatic carbocycles. The standard InChI is InChI=1S/C36H52O4Si2/c1-34(2,3)41(7,8)39-32-26-37-31(33(32)40-42(9,10)35(4,5)6)27-38-36(28-20-14-11-15-21-28,29-22-16-12-17-23-29)30-24-18-13-19-25-30/h11-25,31-33H,26-27H2,1-10H3/t31-,32?,33?/m1/s1. The normalized spacial score (nSPS) is 20.6. The maximum Gasteiger partial charge on any atom is 0.192 e. The van der Waals surface area contributed by atoms with Crippen LogP contribution >= 0.6 is 0 Å². The molecular weight excluding hydrogens is 553 g/mol. The summed E-state index contributed by atoms with van der Waals surface area (Å²) in [6, 6.07) is 31.6. The zero-order valence-electron chi connectivity index (χ0n) is 27.4. The van der Waals surface area contributed by atoms with Crippen LogP contribution in [0.1, 0.15) is 58.2 Å². The molecule has 1 aliphatic heterocycles. The van der Waals surface area contributed by atoms with Gasteiger partial charge >= 0.3 is 0 Å². The fraction of sp³-hybridized carbons (Fsp3) is 0.500. The monoisotopic (exact) mass is 604 g/mol. The van der Waals surface area contributed by atoms with Gasteiger partial charge in [0.2, 0.25) is 0 Å². The van der Waals surface area contributed by atoms with Gasteiger partial charge in [0, 0.05) is 0 Å². The molecule has 0 saturated carbocycles. The van der Waals surface area contributed by atoms with Crippen LogP contribution in [0.15, 0.2) is 91.0 Å². The van der Waals surface area contributed by atoms with Gasteiger partial charge in [-0.25, -0.2) is 0 Å². The minimum absolute atomic E-state index is 0.0599. The van der Waals surface area contributed by atoms with Gasteiger partial charge in [-0.15, -0.1) is 0 Å². The molecule has 3 atom stereocenters. The topological polar surface area (TPSA) is 36.9 Å². The average molecular weight is 605 g/mol. The van der Waals surface area contributed by atoms with Crippen molar-refractivity contribution in [2.24, 2.45) is 0 Å². The van der Waals surface area contributed by atoms with Crippen molar-refractivity contribution < 1.29 is 18.3 Å². The zero-order valence-corrected chi connectivity index (χ0v) is 29.4. The van der Waals surface area contributed by atoms with E-state index in [9.17, 15) is 0 Å². The predicted molar refractivity (Wildman–Crippen MR) is 179 cm³/mol. The molecule has 6 heteroatoms. The average Bonchev–Trinajstić information content (AvgIpc) is 3.29. The summed E-state index contributed by atoms with van der Waals surface area (Å²) in [5, 5.41) is 0.149. The molecule has 42 heavy (non-hydrogen) atoms. The van der Waals surface area contributed by atoms with Crippen molar-refractivity contribution in [3.05, 3.63) is 108 Å². The van der Waals surface area contributed by atoms with Crippen molar-refractivity contribution >= 4 is 16.6 Å². The minimum atomic E-state index is -2.14. The Kier molecular flexibility index (Phi) is 9.78. The van der Waals surface area contributed by atoms with Crippen molar-refractivity contribution in [3.63, 3.8) is 0 Å². The van der Waals surface area contributed by atoms with Gasteiger partial charge in [-0.3, -0.25) is 0 Å². The molecule has 0 aromatic heterocycles.